The second kappa shape index (κ2) is 9.50. The average molecular weight is 291 g/mol. The number of nitrogens with one attached hydrogen (secondary N) is 2. The van der Waals surface area contributed by atoms with Gasteiger partial charge in [0.05, 0.1) is 0 Å². The zero-order valence-corrected chi connectivity index (χ0v) is 11.9. The number of carbonyl (C=O) groups is 1. The molecule has 1 aromatic carbocycles. The van der Waals surface area contributed by atoms with Crippen molar-refractivity contribution in [1.82, 2.24) is 10.6 Å². The molecule has 0 bridgehead atoms. The summed E-state index contributed by atoms with van der Waals surface area (Å²) in [6.45, 7) is 1.17. The summed E-state index contributed by atoms with van der Waals surface area (Å²) in [7, 11) is 1.58. The van der Waals surface area contributed by atoms with E-state index in [2.05, 4.69) is 10.6 Å². The number of nitriles is 1. The summed E-state index contributed by atoms with van der Waals surface area (Å²) in [5, 5.41) is 14.3. The summed E-state index contributed by atoms with van der Waals surface area (Å²) in [6.07, 6.45) is 1.96. The number of rotatable bonds is 8. The van der Waals surface area contributed by atoms with Gasteiger partial charge in [-0.25, -0.2) is 4.39 Å². The monoisotopic (exact) mass is 291 g/mol. The summed E-state index contributed by atoms with van der Waals surface area (Å²) in [5.74, 6) is -0.796. The van der Waals surface area contributed by atoms with Crippen molar-refractivity contribution in [2.24, 2.45) is 0 Å². The van der Waals surface area contributed by atoms with Crippen LogP contribution in [0, 0.1) is 17.1 Å². The van der Waals surface area contributed by atoms with Gasteiger partial charge >= 0.3 is 0 Å². The van der Waals surface area contributed by atoms with Gasteiger partial charge in [0.1, 0.15) is 17.5 Å². The Bertz CT molecular complexity index is 538. The standard InChI is InChI=1S/C15H18FN3O2/c1-21-8-4-7-19-15(20)13(9-17)11-18-10-12-5-2-3-6-14(12)16/h2-3,5-6,11,18H,4,7-8,10H2,1H3,(H,19,20)/b13-11-. The molecule has 0 atom stereocenters. The highest BCUT2D eigenvalue weighted by Crippen LogP contribution is 2.05. The molecule has 0 fully saturated rings. The smallest absolute Gasteiger partial charge is 0.263 e. The summed E-state index contributed by atoms with van der Waals surface area (Å²) in [4.78, 5) is 11.7. The molecule has 21 heavy (non-hydrogen) atoms. The van der Waals surface area contributed by atoms with Crippen molar-refractivity contribution in [3.63, 3.8) is 0 Å². The number of halogens is 1. The third-order valence-electron chi connectivity index (χ3n) is 2.67. The highest BCUT2D eigenvalue weighted by Gasteiger charge is 2.07. The predicted octanol–water partition coefficient (Wildman–Crippen LogP) is 1.48. The number of hydrogen-bond acceptors (Lipinski definition) is 4. The van der Waals surface area contributed by atoms with Crippen molar-refractivity contribution < 1.29 is 13.9 Å². The minimum atomic E-state index is -0.463. The van der Waals surface area contributed by atoms with Crippen LogP contribution in [-0.2, 0) is 16.1 Å². The highest BCUT2D eigenvalue weighted by atomic mass is 19.1. The van der Waals surface area contributed by atoms with Crippen LogP contribution in [-0.4, -0.2) is 26.2 Å². The maximum Gasteiger partial charge on any atom is 0.263 e. The maximum atomic E-state index is 13.4. The Morgan fingerprint density at radius 1 is 1.48 bits per heavy atom. The molecule has 0 heterocycles. The number of amides is 1. The van der Waals surface area contributed by atoms with Crippen molar-refractivity contribution in [1.29, 1.82) is 5.26 Å². The lowest BCUT2D eigenvalue weighted by Crippen LogP contribution is -2.27. The first kappa shape index (κ1) is 16.7. The average Bonchev–Trinajstić information content (AvgIpc) is 2.49. The number of benzene rings is 1. The largest absolute Gasteiger partial charge is 0.385 e. The Hall–Kier alpha value is -2.39. The van der Waals surface area contributed by atoms with Gasteiger partial charge in [0.2, 0.25) is 0 Å². The van der Waals surface area contributed by atoms with E-state index in [1.165, 1.54) is 12.3 Å². The topological polar surface area (TPSA) is 74.1 Å². The van der Waals surface area contributed by atoms with Crippen molar-refractivity contribution in [2.45, 2.75) is 13.0 Å². The fourth-order valence-electron chi connectivity index (χ4n) is 1.57. The van der Waals surface area contributed by atoms with E-state index in [1.807, 2.05) is 0 Å². The molecule has 0 spiro atoms. The Morgan fingerprint density at radius 2 is 2.24 bits per heavy atom. The van der Waals surface area contributed by atoms with Crippen LogP contribution in [0.4, 0.5) is 4.39 Å². The zero-order chi connectivity index (χ0) is 15.5. The number of carbonyl (C=O) groups excluding carboxylic acids is 1. The van der Waals surface area contributed by atoms with E-state index in [9.17, 15) is 9.18 Å². The molecule has 1 aromatic rings. The van der Waals surface area contributed by atoms with E-state index in [1.54, 1.807) is 31.4 Å². The molecule has 1 rings (SSSR count). The lowest BCUT2D eigenvalue weighted by atomic mass is 10.2. The van der Waals surface area contributed by atoms with E-state index in [0.717, 1.165) is 0 Å². The van der Waals surface area contributed by atoms with Gasteiger partial charge in [-0.05, 0) is 12.5 Å². The van der Waals surface area contributed by atoms with Gasteiger partial charge in [0.25, 0.3) is 5.91 Å². The molecule has 0 unspecified atom stereocenters. The molecular weight excluding hydrogens is 273 g/mol. The predicted molar refractivity (Wildman–Crippen MR) is 76.4 cm³/mol. The van der Waals surface area contributed by atoms with Gasteiger partial charge in [-0.15, -0.1) is 0 Å². The third kappa shape index (κ3) is 6.06. The van der Waals surface area contributed by atoms with Crippen molar-refractivity contribution >= 4 is 5.91 Å². The molecule has 5 nitrogen and oxygen atoms in total. The van der Waals surface area contributed by atoms with Crippen LogP contribution in [0.15, 0.2) is 36.0 Å². The molecule has 0 aliphatic rings. The van der Waals surface area contributed by atoms with Crippen molar-refractivity contribution in [3.05, 3.63) is 47.4 Å². The first-order valence-electron chi connectivity index (χ1n) is 6.53. The molecule has 0 saturated heterocycles. The van der Waals surface area contributed by atoms with Crippen LogP contribution in [0.2, 0.25) is 0 Å². The van der Waals surface area contributed by atoms with Crippen LogP contribution in [0.25, 0.3) is 0 Å². The van der Waals surface area contributed by atoms with Gasteiger partial charge in [-0.1, -0.05) is 18.2 Å². The molecular formula is C15H18FN3O2. The van der Waals surface area contributed by atoms with Crippen LogP contribution in [0.1, 0.15) is 12.0 Å². The first-order valence-corrected chi connectivity index (χ1v) is 6.53. The summed E-state index contributed by atoms with van der Waals surface area (Å²) in [6, 6.07) is 8.11. The minimum absolute atomic E-state index is 0.0521. The Morgan fingerprint density at radius 3 is 2.90 bits per heavy atom. The van der Waals surface area contributed by atoms with Crippen molar-refractivity contribution in [2.75, 3.05) is 20.3 Å². The zero-order valence-electron chi connectivity index (χ0n) is 11.9. The number of nitrogens with zero attached hydrogens (tertiary/aromatic N) is 1. The summed E-state index contributed by atoms with van der Waals surface area (Å²) < 4.78 is 18.2. The fraction of sp³-hybridized carbons (Fsp3) is 0.333. The van der Waals surface area contributed by atoms with Crippen LogP contribution >= 0.6 is 0 Å². The molecule has 112 valence electrons. The van der Waals surface area contributed by atoms with Gasteiger partial charge in [0.15, 0.2) is 0 Å². The van der Waals surface area contributed by atoms with Crippen LogP contribution < -0.4 is 10.6 Å². The lowest BCUT2D eigenvalue weighted by Gasteiger charge is -2.05. The van der Waals surface area contributed by atoms with Crippen LogP contribution in [0.3, 0.4) is 0 Å². The normalized spacial score (nSPS) is 10.8. The Balaban J connectivity index is 2.46. The van der Waals surface area contributed by atoms with Gasteiger partial charge in [0, 0.05) is 38.6 Å². The Labute approximate surface area is 123 Å². The van der Waals surface area contributed by atoms with Gasteiger partial charge in [-0.2, -0.15) is 5.26 Å². The highest BCUT2D eigenvalue weighted by molar-refractivity contribution is 5.97. The van der Waals surface area contributed by atoms with Gasteiger partial charge in [-0.3, -0.25) is 4.79 Å². The minimum Gasteiger partial charge on any atom is -0.385 e. The first-order chi connectivity index (χ1) is 10.2. The molecule has 0 aromatic heterocycles. The molecule has 1 amide bonds. The second-order valence-corrected chi connectivity index (χ2v) is 4.24. The van der Waals surface area contributed by atoms with Gasteiger partial charge < -0.3 is 15.4 Å². The maximum absolute atomic E-state index is 13.4. The molecule has 0 radical (unpaired) electrons. The van der Waals surface area contributed by atoms with Crippen LogP contribution in [0.5, 0.6) is 0 Å². The van der Waals surface area contributed by atoms with E-state index in [0.29, 0.717) is 25.1 Å². The number of methoxy groups -OCH3 is 1. The Kier molecular flexibility index (Phi) is 7.54. The molecule has 0 aliphatic carbocycles. The van der Waals surface area contributed by atoms with Crippen molar-refractivity contribution in [3.8, 4) is 6.07 Å². The molecule has 0 saturated carbocycles. The SMILES string of the molecule is COCCCNC(=O)/C(C#N)=C\NCc1ccccc1F. The summed E-state index contributed by atoms with van der Waals surface area (Å²) >= 11 is 0. The molecule has 2 N–H and O–H groups in total. The quantitative estimate of drug-likeness (QED) is 0.432. The van der Waals surface area contributed by atoms with E-state index in [-0.39, 0.29) is 17.9 Å². The summed E-state index contributed by atoms with van der Waals surface area (Å²) in [5.41, 5.74) is 0.412. The fourth-order valence-corrected chi connectivity index (χ4v) is 1.57. The number of hydrogen-bond donors (Lipinski definition) is 2. The van der Waals surface area contributed by atoms with E-state index >= 15 is 0 Å². The molecule has 6 heteroatoms. The second-order valence-electron chi connectivity index (χ2n) is 4.24. The number of ether oxygens (including phenoxy) is 1. The van der Waals surface area contributed by atoms with E-state index in [4.69, 9.17) is 10.00 Å². The lowest BCUT2D eigenvalue weighted by molar-refractivity contribution is -0.117. The third-order valence-corrected chi connectivity index (χ3v) is 2.67. The molecule has 0 aliphatic heterocycles. The van der Waals surface area contributed by atoms with E-state index < -0.39 is 5.91 Å².